The van der Waals surface area contributed by atoms with E-state index in [0.717, 1.165) is 31.1 Å². The molecule has 9 atom stereocenters. The largest absolute Gasteiger partial charge is 0.374 e. The van der Waals surface area contributed by atoms with Crippen molar-refractivity contribution in [1.82, 2.24) is 4.90 Å². The standard InChI is InChI=1S/C16H19NO4/c18-15-12-9-1-2-10(20-9)13(12)16(19)17(15)5-6-3-11-7-4-8(7)14(6)21-11/h6-14H,1-5H2/t6-,7+,8-,9-,10+,11-,12-,13+,14+/m0/s1. The van der Waals surface area contributed by atoms with Crippen LogP contribution in [-0.2, 0) is 19.1 Å². The molecule has 0 spiro atoms. The number of carbonyl (C=O) groups excluding carboxylic acids is 2. The van der Waals surface area contributed by atoms with Crippen molar-refractivity contribution in [1.29, 1.82) is 0 Å². The highest BCUT2D eigenvalue weighted by Crippen LogP contribution is 2.61. The number of amides is 2. The third-order valence-corrected chi connectivity index (χ3v) is 6.91. The first-order chi connectivity index (χ1) is 10.2. The number of hydrogen-bond acceptors (Lipinski definition) is 4. The molecule has 0 aromatic heterocycles. The van der Waals surface area contributed by atoms with E-state index in [4.69, 9.17) is 9.47 Å². The van der Waals surface area contributed by atoms with Crippen LogP contribution in [0.25, 0.3) is 0 Å². The summed E-state index contributed by atoms with van der Waals surface area (Å²) in [5.74, 6) is 1.61. The van der Waals surface area contributed by atoms with Crippen LogP contribution in [0.2, 0.25) is 0 Å². The van der Waals surface area contributed by atoms with Crippen LogP contribution in [0.15, 0.2) is 0 Å². The molecule has 5 aliphatic heterocycles. The van der Waals surface area contributed by atoms with Crippen LogP contribution in [-0.4, -0.2) is 47.7 Å². The van der Waals surface area contributed by atoms with Crippen LogP contribution < -0.4 is 0 Å². The molecule has 2 amide bonds. The third kappa shape index (κ3) is 1.27. The summed E-state index contributed by atoms with van der Waals surface area (Å²) in [7, 11) is 0. The fourth-order valence-corrected chi connectivity index (χ4v) is 5.93. The van der Waals surface area contributed by atoms with Crippen molar-refractivity contribution in [2.24, 2.45) is 29.6 Å². The molecule has 5 heterocycles. The van der Waals surface area contributed by atoms with Gasteiger partial charge in [-0.1, -0.05) is 0 Å². The zero-order chi connectivity index (χ0) is 13.9. The fourth-order valence-electron chi connectivity index (χ4n) is 5.93. The van der Waals surface area contributed by atoms with Gasteiger partial charge in [0.05, 0.1) is 36.3 Å². The lowest BCUT2D eigenvalue weighted by Crippen LogP contribution is -2.40. The molecule has 0 aromatic rings. The molecule has 5 heteroatoms. The zero-order valence-electron chi connectivity index (χ0n) is 11.8. The number of hydrogen-bond donors (Lipinski definition) is 0. The van der Waals surface area contributed by atoms with Gasteiger partial charge in [-0.05, 0) is 37.5 Å². The summed E-state index contributed by atoms with van der Waals surface area (Å²) in [6.07, 6.45) is 4.97. The predicted octanol–water partition coefficient (Wildman–Crippen LogP) is 0.572. The topological polar surface area (TPSA) is 55.8 Å². The van der Waals surface area contributed by atoms with E-state index in [2.05, 4.69) is 0 Å². The Balaban J connectivity index is 1.25. The summed E-state index contributed by atoms with van der Waals surface area (Å²) in [6.45, 7) is 0.592. The molecule has 0 N–H and O–H groups in total. The summed E-state index contributed by atoms with van der Waals surface area (Å²) in [5, 5.41) is 0. The highest BCUT2D eigenvalue weighted by atomic mass is 16.5. The van der Waals surface area contributed by atoms with Gasteiger partial charge in [-0.3, -0.25) is 14.5 Å². The van der Waals surface area contributed by atoms with E-state index < -0.39 is 0 Å². The van der Waals surface area contributed by atoms with E-state index in [9.17, 15) is 9.59 Å². The van der Waals surface area contributed by atoms with Crippen molar-refractivity contribution < 1.29 is 19.1 Å². The summed E-state index contributed by atoms with van der Waals surface area (Å²) in [6, 6.07) is 0. The Hall–Kier alpha value is -0.940. The third-order valence-electron chi connectivity index (χ3n) is 6.91. The molecular weight excluding hydrogens is 270 g/mol. The first kappa shape index (κ1) is 11.6. The van der Waals surface area contributed by atoms with Crippen molar-refractivity contribution in [2.75, 3.05) is 6.54 Å². The maximum Gasteiger partial charge on any atom is 0.235 e. The second-order valence-corrected chi connectivity index (χ2v) is 7.83. The fraction of sp³-hybridized carbons (Fsp3) is 0.875. The number of carbonyl (C=O) groups is 2. The lowest BCUT2D eigenvalue weighted by Gasteiger charge is -2.25. The quantitative estimate of drug-likeness (QED) is 0.698. The van der Waals surface area contributed by atoms with Gasteiger partial charge in [0.2, 0.25) is 11.8 Å². The molecule has 6 aliphatic rings. The van der Waals surface area contributed by atoms with E-state index in [1.807, 2.05) is 0 Å². The summed E-state index contributed by atoms with van der Waals surface area (Å²) < 4.78 is 11.8. The van der Waals surface area contributed by atoms with Gasteiger partial charge in [0.1, 0.15) is 0 Å². The van der Waals surface area contributed by atoms with Gasteiger partial charge in [0.25, 0.3) is 0 Å². The van der Waals surface area contributed by atoms with Gasteiger partial charge in [-0.2, -0.15) is 0 Å². The Kier molecular flexibility index (Phi) is 1.94. The van der Waals surface area contributed by atoms with E-state index in [1.54, 1.807) is 4.90 Å². The minimum absolute atomic E-state index is 0.00513. The molecule has 21 heavy (non-hydrogen) atoms. The molecule has 1 saturated carbocycles. The summed E-state index contributed by atoms with van der Waals surface area (Å²) in [4.78, 5) is 26.9. The Bertz CT molecular complexity index is 534. The van der Waals surface area contributed by atoms with Crippen molar-refractivity contribution >= 4 is 11.8 Å². The Morgan fingerprint density at radius 1 is 0.905 bits per heavy atom. The minimum atomic E-state index is -0.176. The van der Waals surface area contributed by atoms with Crippen LogP contribution in [0.1, 0.15) is 25.7 Å². The Labute approximate surface area is 122 Å². The van der Waals surface area contributed by atoms with Gasteiger partial charge in [0.15, 0.2) is 0 Å². The summed E-state index contributed by atoms with van der Waals surface area (Å²) >= 11 is 0. The SMILES string of the molecule is O=C1[C@@H]2[C@H](C(=O)N1C[C@@H]1C[C@@H]3O[C@H]1[C@H]1C[C@H]13)[C@H]1CC[C@@H]2O1. The van der Waals surface area contributed by atoms with Crippen LogP contribution in [0, 0.1) is 29.6 Å². The number of ether oxygens (including phenoxy) is 2. The lowest BCUT2D eigenvalue weighted by molar-refractivity contribution is -0.143. The average Bonchev–Trinajstić information content (AvgIpc) is 2.90. The van der Waals surface area contributed by atoms with Crippen molar-refractivity contribution in [3.8, 4) is 0 Å². The predicted molar refractivity (Wildman–Crippen MR) is 70.0 cm³/mol. The van der Waals surface area contributed by atoms with Gasteiger partial charge in [-0.15, -0.1) is 0 Å². The zero-order valence-corrected chi connectivity index (χ0v) is 11.8. The van der Waals surface area contributed by atoms with E-state index in [-0.39, 0.29) is 35.9 Å². The van der Waals surface area contributed by atoms with Gasteiger partial charge < -0.3 is 9.47 Å². The minimum Gasteiger partial charge on any atom is -0.374 e. The summed E-state index contributed by atoms with van der Waals surface area (Å²) in [5.41, 5.74) is 0. The number of rotatable bonds is 2. The molecule has 0 aromatic carbocycles. The molecule has 112 valence electrons. The molecule has 6 rings (SSSR count). The Morgan fingerprint density at radius 3 is 2.24 bits per heavy atom. The molecule has 5 saturated heterocycles. The average molecular weight is 289 g/mol. The smallest absolute Gasteiger partial charge is 0.235 e. The molecule has 0 unspecified atom stereocenters. The maximum absolute atomic E-state index is 12.7. The molecule has 4 bridgehead atoms. The number of imide groups is 1. The van der Waals surface area contributed by atoms with Crippen molar-refractivity contribution in [2.45, 2.75) is 50.1 Å². The normalized spacial score (nSPS) is 59.0. The number of likely N-dealkylation sites (tertiary alicyclic amines) is 1. The van der Waals surface area contributed by atoms with E-state index >= 15 is 0 Å². The number of nitrogens with zero attached hydrogens (tertiary/aromatic N) is 1. The monoisotopic (exact) mass is 289 g/mol. The van der Waals surface area contributed by atoms with Crippen LogP contribution in [0.3, 0.4) is 0 Å². The second-order valence-electron chi connectivity index (χ2n) is 7.83. The first-order valence-corrected chi connectivity index (χ1v) is 8.38. The molecule has 0 radical (unpaired) electrons. The van der Waals surface area contributed by atoms with Crippen LogP contribution >= 0.6 is 0 Å². The highest BCUT2D eigenvalue weighted by molar-refractivity contribution is 6.06. The van der Waals surface area contributed by atoms with Crippen LogP contribution in [0.5, 0.6) is 0 Å². The van der Waals surface area contributed by atoms with Crippen molar-refractivity contribution in [3.05, 3.63) is 0 Å². The van der Waals surface area contributed by atoms with Crippen molar-refractivity contribution in [3.63, 3.8) is 0 Å². The van der Waals surface area contributed by atoms with Gasteiger partial charge in [-0.25, -0.2) is 0 Å². The molecule has 5 nitrogen and oxygen atoms in total. The first-order valence-electron chi connectivity index (χ1n) is 8.38. The molecular formula is C16H19NO4. The second kappa shape index (κ2) is 3.51. The molecule has 6 fully saturated rings. The van der Waals surface area contributed by atoms with Crippen LogP contribution in [0.4, 0.5) is 0 Å². The maximum atomic E-state index is 12.7. The lowest BCUT2D eigenvalue weighted by atomic mass is 9.81. The Morgan fingerprint density at radius 2 is 1.62 bits per heavy atom. The van der Waals surface area contributed by atoms with Gasteiger partial charge in [0, 0.05) is 12.5 Å². The van der Waals surface area contributed by atoms with E-state index in [0.29, 0.717) is 24.7 Å². The molecule has 1 aliphatic carbocycles. The van der Waals surface area contributed by atoms with Gasteiger partial charge >= 0.3 is 0 Å². The number of fused-ring (bicyclic) bond motifs is 10. The highest BCUT2D eigenvalue weighted by Gasteiger charge is 2.65. The van der Waals surface area contributed by atoms with E-state index in [1.165, 1.54) is 6.42 Å².